The van der Waals surface area contributed by atoms with E-state index >= 15 is 0 Å². The molecule has 5 fully saturated rings. The average molecular weight is 571 g/mol. The summed E-state index contributed by atoms with van der Waals surface area (Å²) in [5.74, 6) is -1.97. The number of alkyl halides is 2. The Morgan fingerprint density at radius 2 is 1.80 bits per heavy atom. The van der Waals surface area contributed by atoms with E-state index in [9.17, 15) is 18.4 Å². The molecule has 0 aromatic heterocycles. The highest BCUT2D eigenvalue weighted by Crippen LogP contribution is 2.68. The summed E-state index contributed by atoms with van der Waals surface area (Å²) in [6, 6.07) is 11.2. The standard InChI is InChI=1S/C30H42F2N4O2.C2H2O/c1-20(2)18-36-26(37)29(34-27(36)38)16-25-28(19-29)12-10-24(28)35(25)15-11-23(22-6-4-3-5-7-22)33-17-21-8-13-30(31,32)14-9-21;1-2-3/h3-7,20-21,23-25,33H,8-19H2,1-2H3,(H,34,38);1,3H. The number of likely N-dealkylation sites (tertiary alicyclic amines) is 1. The number of aliphatic hydroxyl groups excluding tert-OH is 1. The molecule has 9 heteroatoms. The Labute approximate surface area is 242 Å². The third-order valence-electron chi connectivity index (χ3n) is 10.3. The summed E-state index contributed by atoms with van der Waals surface area (Å²) in [6.45, 7) is 6.24. The third kappa shape index (κ3) is 5.58. The van der Waals surface area contributed by atoms with E-state index < -0.39 is 11.5 Å². The van der Waals surface area contributed by atoms with Crippen LogP contribution in [0.4, 0.5) is 13.6 Å². The fourth-order valence-corrected chi connectivity index (χ4v) is 8.34. The van der Waals surface area contributed by atoms with Gasteiger partial charge in [0, 0.05) is 49.5 Å². The minimum Gasteiger partial charge on any atom is -0.462 e. The lowest BCUT2D eigenvalue weighted by molar-refractivity contribution is -0.189. The van der Waals surface area contributed by atoms with Crippen molar-refractivity contribution >= 4 is 11.9 Å². The highest BCUT2D eigenvalue weighted by molar-refractivity contribution is 6.07. The van der Waals surface area contributed by atoms with Crippen LogP contribution in [0, 0.1) is 29.8 Å². The van der Waals surface area contributed by atoms with Gasteiger partial charge in [-0.25, -0.2) is 13.6 Å². The lowest BCUT2D eigenvalue weighted by Gasteiger charge is -2.68. The minimum absolute atomic E-state index is 0.000175. The molecule has 7 nitrogen and oxygen atoms in total. The number of nitrogens with zero attached hydrogens (tertiary/aromatic N) is 2. The molecule has 1 aromatic rings. The molecule has 224 valence electrons. The second-order valence-corrected chi connectivity index (χ2v) is 13.3. The van der Waals surface area contributed by atoms with Crippen LogP contribution in [0.2, 0.25) is 0 Å². The third-order valence-corrected chi connectivity index (χ3v) is 10.3. The van der Waals surface area contributed by atoms with Crippen LogP contribution in [0.25, 0.3) is 0 Å². The predicted molar refractivity (Wildman–Crippen MR) is 152 cm³/mol. The van der Waals surface area contributed by atoms with Crippen molar-refractivity contribution in [3.8, 4) is 12.5 Å². The number of carbonyl (C=O) groups is 2. The number of benzene rings is 1. The molecule has 3 aliphatic carbocycles. The highest BCUT2D eigenvalue weighted by Gasteiger charge is 2.75. The molecule has 6 rings (SSSR count). The van der Waals surface area contributed by atoms with Crippen LogP contribution in [0.15, 0.2) is 30.3 Å². The van der Waals surface area contributed by atoms with E-state index in [0.717, 1.165) is 38.8 Å². The van der Waals surface area contributed by atoms with Crippen LogP contribution < -0.4 is 10.6 Å². The Bertz CT molecular complexity index is 1150. The molecule has 0 bridgehead atoms. The number of hydrogen-bond acceptors (Lipinski definition) is 5. The molecule has 2 heterocycles. The van der Waals surface area contributed by atoms with Gasteiger partial charge in [-0.05, 0) is 68.9 Å². The van der Waals surface area contributed by atoms with Gasteiger partial charge in [-0.2, -0.15) is 0 Å². The van der Waals surface area contributed by atoms with Gasteiger partial charge in [0.2, 0.25) is 5.92 Å². The number of nitrogens with one attached hydrogen (secondary N) is 2. The van der Waals surface area contributed by atoms with Gasteiger partial charge >= 0.3 is 6.03 Å². The van der Waals surface area contributed by atoms with Gasteiger partial charge in [0.15, 0.2) is 0 Å². The van der Waals surface area contributed by atoms with Crippen LogP contribution in [0.5, 0.6) is 0 Å². The van der Waals surface area contributed by atoms with Gasteiger partial charge in [0.1, 0.15) is 11.6 Å². The fraction of sp³-hybridized carbons (Fsp3) is 0.688. The average Bonchev–Trinajstić information content (AvgIpc) is 3.37. The molecule has 2 saturated heterocycles. The van der Waals surface area contributed by atoms with Crippen molar-refractivity contribution in [2.75, 3.05) is 19.6 Å². The van der Waals surface area contributed by atoms with Gasteiger partial charge in [-0.15, -0.1) is 0 Å². The van der Waals surface area contributed by atoms with Crippen molar-refractivity contribution in [1.82, 2.24) is 20.4 Å². The first-order chi connectivity index (χ1) is 19.5. The maximum atomic E-state index is 13.6. The first-order valence-corrected chi connectivity index (χ1v) is 15.2. The second-order valence-electron chi connectivity index (χ2n) is 13.3. The molecule has 3 amide bonds. The predicted octanol–water partition coefficient (Wildman–Crippen LogP) is 5.06. The van der Waals surface area contributed by atoms with Crippen LogP contribution in [0.1, 0.15) is 83.2 Å². The van der Waals surface area contributed by atoms with E-state index in [-0.39, 0.29) is 42.2 Å². The zero-order valence-electron chi connectivity index (χ0n) is 24.3. The van der Waals surface area contributed by atoms with E-state index in [1.54, 1.807) is 0 Å². The zero-order chi connectivity index (χ0) is 29.4. The Morgan fingerprint density at radius 3 is 2.41 bits per heavy atom. The summed E-state index contributed by atoms with van der Waals surface area (Å²) in [5, 5.41) is 14.0. The van der Waals surface area contributed by atoms with E-state index in [2.05, 4.69) is 46.2 Å². The van der Waals surface area contributed by atoms with Gasteiger partial charge < -0.3 is 15.7 Å². The van der Waals surface area contributed by atoms with Crippen molar-refractivity contribution in [2.45, 2.75) is 101 Å². The molecule has 0 radical (unpaired) electrons. The number of carbonyl (C=O) groups excluding carboxylic acids is 2. The molecule has 3 saturated carbocycles. The normalized spacial score (nSPS) is 32.7. The molecule has 5 aliphatic rings. The summed E-state index contributed by atoms with van der Waals surface area (Å²) in [7, 11) is 0. The molecule has 1 aromatic carbocycles. The van der Waals surface area contributed by atoms with Gasteiger partial charge in [0.05, 0.1) is 0 Å². The monoisotopic (exact) mass is 570 g/mol. The van der Waals surface area contributed by atoms with E-state index in [0.29, 0.717) is 43.8 Å². The molecule has 5 unspecified atom stereocenters. The number of terminal acetylenes is 1. The summed E-state index contributed by atoms with van der Waals surface area (Å²) in [6.07, 6.45) is 11.3. The molecule has 41 heavy (non-hydrogen) atoms. The number of urea groups is 1. The second kappa shape index (κ2) is 11.5. The van der Waals surface area contributed by atoms with Crippen LogP contribution in [0.3, 0.4) is 0 Å². The highest BCUT2D eigenvalue weighted by atomic mass is 19.3. The summed E-state index contributed by atoms with van der Waals surface area (Å²) in [4.78, 5) is 30.3. The number of halogens is 2. The molecule has 2 spiro atoms. The van der Waals surface area contributed by atoms with Crippen molar-refractivity contribution in [3.05, 3.63) is 35.9 Å². The maximum absolute atomic E-state index is 13.6. The number of aliphatic hydroxyl groups is 1. The van der Waals surface area contributed by atoms with Gasteiger partial charge in [0.25, 0.3) is 5.91 Å². The Kier molecular flexibility index (Phi) is 8.37. The maximum Gasteiger partial charge on any atom is 0.325 e. The van der Waals surface area contributed by atoms with Crippen molar-refractivity contribution in [2.24, 2.45) is 17.3 Å². The molecular weight excluding hydrogens is 526 g/mol. The minimum atomic E-state index is -2.49. The molecule has 5 atom stereocenters. The topological polar surface area (TPSA) is 84.9 Å². The van der Waals surface area contributed by atoms with E-state index in [4.69, 9.17) is 5.11 Å². The smallest absolute Gasteiger partial charge is 0.325 e. The van der Waals surface area contributed by atoms with Crippen molar-refractivity contribution < 1.29 is 23.5 Å². The number of rotatable bonds is 9. The van der Waals surface area contributed by atoms with Gasteiger partial charge in [-0.3, -0.25) is 14.6 Å². The fourth-order valence-electron chi connectivity index (χ4n) is 8.34. The first kappa shape index (κ1) is 29.8. The Morgan fingerprint density at radius 1 is 1.12 bits per heavy atom. The Balaban J connectivity index is 0.00000108. The van der Waals surface area contributed by atoms with Crippen LogP contribution >= 0.6 is 0 Å². The molecule has 2 aliphatic heterocycles. The largest absolute Gasteiger partial charge is 0.462 e. The molecular formula is C32H44F2N4O3. The number of hydrogen-bond donors (Lipinski definition) is 3. The Hall–Kier alpha value is -2.70. The SMILES string of the molecule is C#CO.CC(C)CN1C(=O)NC2(CC3N(CCC(NCC4CCC(F)(F)CC4)c4ccccc4)C4CCC43C2)C1=O. The molecule has 3 N–H and O–H groups in total. The summed E-state index contributed by atoms with van der Waals surface area (Å²) in [5.41, 5.74) is 0.670. The van der Waals surface area contributed by atoms with Gasteiger partial charge in [-0.1, -0.05) is 50.6 Å². The lowest BCUT2D eigenvalue weighted by Crippen LogP contribution is -2.74. The zero-order valence-corrected chi connectivity index (χ0v) is 24.3. The van der Waals surface area contributed by atoms with Crippen molar-refractivity contribution in [1.29, 1.82) is 0 Å². The first-order valence-electron chi connectivity index (χ1n) is 15.2. The summed E-state index contributed by atoms with van der Waals surface area (Å²) < 4.78 is 27.3. The van der Waals surface area contributed by atoms with Crippen LogP contribution in [-0.2, 0) is 4.79 Å². The van der Waals surface area contributed by atoms with Crippen molar-refractivity contribution in [3.63, 3.8) is 0 Å². The quantitative estimate of drug-likeness (QED) is 0.286. The van der Waals surface area contributed by atoms with E-state index in [1.165, 1.54) is 16.6 Å². The number of imide groups is 1. The van der Waals surface area contributed by atoms with Crippen LogP contribution in [-0.4, -0.2) is 70.0 Å². The number of piperidine rings is 1. The van der Waals surface area contributed by atoms with E-state index in [1.807, 2.05) is 19.9 Å². The number of amides is 3. The summed E-state index contributed by atoms with van der Waals surface area (Å²) >= 11 is 0. The lowest BCUT2D eigenvalue weighted by atomic mass is 9.53.